The predicted octanol–water partition coefficient (Wildman–Crippen LogP) is 4.14. The molecule has 2 rings (SSSR count). The van der Waals surface area contributed by atoms with Crippen LogP contribution < -0.4 is 11.3 Å². The summed E-state index contributed by atoms with van der Waals surface area (Å²) >= 11 is 0. The van der Waals surface area contributed by atoms with Crippen molar-refractivity contribution in [1.29, 1.82) is 0 Å². The molecule has 1 aromatic rings. The first-order chi connectivity index (χ1) is 9.63. The van der Waals surface area contributed by atoms with Gasteiger partial charge in [-0.3, -0.25) is 11.3 Å². The first-order valence-electron chi connectivity index (χ1n) is 7.54. The van der Waals surface area contributed by atoms with Crippen molar-refractivity contribution in [3.05, 3.63) is 34.9 Å². The van der Waals surface area contributed by atoms with E-state index in [1.54, 1.807) is 6.92 Å². The van der Waals surface area contributed by atoms with Crippen LogP contribution in [0.15, 0.2) is 12.1 Å². The molecule has 0 amide bonds. The molecule has 0 heterocycles. The molecule has 1 aliphatic rings. The molecule has 1 aromatic carbocycles. The Hall–Kier alpha value is -1.00. The van der Waals surface area contributed by atoms with E-state index in [2.05, 4.69) is 5.43 Å². The molecule has 1 saturated carbocycles. The van der Waals surface area contributed by atoms with Gasteiger partial charge in [0.05, 0.1) is 6.04 Å². The largest absolute Gasteiger partial charge is 0.271 e. The van der Waals surface area contributed by atoms with Gasteiger partial charge >= 0.3 is 0 Å². The average molecular weight is 282 g/mol. The van der Waals surface area contributed by atoms with Gasteiger partial charge in [0.25, 0.3) is 0 Å². The van der Waals surface area contributed by atoms with Crippen LogP contribution in [0.2, 0.25) is 0 Å². The molecule has 1 fully saturated rings. The van der Waals surface area contributed by atoms with Gasteiger partial charge in [-0.15, -0.1) is 0 Å². The maximum atomic E-state index is 14.2. The van der Waals surface area contributed by atoms with Crippen molar-refractivity contribution in [1.82, 2.24) is 5.43 Å². The minimum atomic E-state index is -0.510. The predicted molar refractivity (Wildman–Crippen MR) is 77.0 cm³/mol. The summed E-state index contributed by atoms with van der Waals surface area (Å²) in [5, 5.41) is 0. The van der Waals surface area contributed by atoms with E-state index < -0.39 is 17.7 Å². The number of aryl methyl sites for hydroxylation is 1. The van der Waals surface area contributed by atoms with E-state index >= 15 is 0 Å². The smallest absolute Gasteiger partial charge is 0.133 e. The average Bonchev–Trinajstić information content (AvgIpc) is 2.70. The lowest BCUT2D eigenvalue weighted by Crippen LogP contribution is -2.31. The molecular weight excluding hydrogens is 258 g/mol. The van der Waals surface area contributed by atoms with Crippen molar-refractivity contribution in [2.24, 2.45) is 11.8 Å². The lowest BCUT2D eigenvalue weighted by Gasteiger charge is -2.23. The maximum absolute atomic E-state index is 14.2. The standard InChI is InChI=1S/C16H24F2N2/c1-11-8-9-13(17)15(16(11)18)14(20-19)10-12-6-4-2-3-5-7-12/h8-9,12,14,20H,2-7,10,19H2,1H3. The molecule has 1 aliphatic carbocycles. The summed E-state index contributed by atoms with van der Waals surface area (Å²) in [5.74, 6) is 5.08. The Labute approximate surface area is 119 Å². The van der Waals surface area contributed by atoms with Crippen molar-refractivity contribution in [2.75, 3.05) is 0 Å². The van der Waals surface area contributed by atoms with Gasteiger partial charge in [0.2, 0.25) is 0 Å². The minimum absolute atomic E-state index is 0.0942. The highest BCUT2D eigenvalue weighted by atomic mass is 19.1. The van der Waals surface area contributed by atoms with Gasteiger partial charge < -0.3 is 0 Å². The van der Waals surface area contributed by atoms with Crippen molar-refractivity contribution in [3.63, 3.8) is 0 Å². The van der Waals surface area contributed by atoms with Crippen LogP contribution >= 0.6 is 0 Å². The Morgan fingerprint density at radius 2 is 1.85 bits per heavy atom. The zero-order valence-corrected chi connectivity index (χ0v) is 12.1. The third-order valence-corrected chi connectivity index (χ3v) is 4.41. The highest BCUT2D eigenvalue weighted by molar-refractivity contribution is 5.29. The highest BCUT2D eigenvalue weighted by Gasteiger charge is 2.24. The first kappa shape index (κ1) is 15.4. The minimum Gasteiger partial charge on any atom is -0.271 e. The van der Waals surface area contributed by atoms with Gasteiger partial charge in [-0.05, 0) is 30.9 Å². The van der Waals surface area contributed by atoms with Crippen LogP contribution in [-0.2, 0) is 0 Å². The van der Waals surface area contributed by atoms with E-state index in [1.165, 1.54) is 37.8 Å². The Bertz CT molecular complexity index is 440. The lowest BCUT2D eigenvalue weighted by atomic mass is 9.89. The van der Waals surface area contributed by atoms with Crippen molar-refractivity contribution in [3.8, 4) is 0 Å². The van der Waals surface area contributed by atoms with Gasteiger partial charge in [-0.1, -0.05) is 44.6 Å². The number of rotatable bonds is 4. The van der Waals surface area contributed by atoms with Gasteiger partial charge in [0.1, 0.15) is 11.6 Å². The molecule has 2 nitrogen and oxygen atoms in total. The van der Waals surface area contributed by atoms with Gasteiger partial charge in [0, 0.05) is 5.56 Å². The summed E-state index contributed by atoms with van der Waals surface area (Å²) in [6.45, 7) is 1.65. The molecule has 112 valence electrons. The molecule has 1 unspecified atom stereocenters. The summed E-state index contributed by atoms with van der Waals surface area (Å²) in [5.41, 5.74) is 3.17. The Morgan fingerprint density at radius 3 is 2.45 bits per heavy atom. The van der Waals surface area contributed by atoms with Crippen LogP contribution in [0.3, 0.4) is 0 Å². The number of nitrogens with two attached hydrogens (primary N) is 1. The molecular formula is C16H24F2N2. The molecule has 0 aromatic heterocycles. The Balaban J connectivity index is 2.17. The summed E-state index contributed by atoms with van der Waals surface area (Å²) in [6.07, 6.45) is 7.92. The number of hydrazine groups is 1. The van der Waals surface area contributed by atoms with E-state index in [0.29, 0.717) is 17.9 Å². The zero-order chi connectivity index (χ0) is 14.5. The highest BCUT2D eigenvalue weighted by Crippen LogP contribution is 2.33. The fourth-order valence-electron chi connectivity index (χ4n) is 3.20. The normalized spacial score (nSPS) is 18.8. The molecule has 3 N–H and O–H groups in total. The SMILES string of the molecule is Cc1ccc(F)c(C(CC2CCCCCC2)NN)c1F. The van der Waals surface area contributed by atoms with Crippen molar-refractivity contribution < 1.29 is 8.78 Å². The molecule has 0 aliphatic heterocycles. The quantitative estimate of drug-likeness (QED) is 0.495. The lowest BCUT2D eigenvalue weighted by molar-refractivity contribution is 0.344. The Kier molecular flexibility index (Phi) is 5.49. The van der Waals surface area contributed by atoms with Crippen LogP contribution in [0.1, 0.15) is 62.1 Å². The molecule has 1 atom stereocenters. The number of hydrogen-bond acceptors (Lipinski definition) is 2. The fourth-order valence-corrected chi connectivity index (χ4v) is 3.20. The van der Waals surface area contributed by atoms with Gasteiger partial charge in [0.15, 0.2) is 0 Å². The summed E-state index contributed by atoms with van der Waals surface area (Å²) < 4.78 is 28.2. The van der Waals surface area contributed by atoms with Crippen molar-refractivity contribution in [2.45, 2.75) is 57.9 Å². The second-order valence-corrected chi connectivity index (χ2v) is 5.90. The van der Waals surface area contributed by atoms with Crippen LogP contribution in [-0.4, -0.2) is 0 Å². The molecule has 0 bridgehead atoms. The second-order valence-electron chi connectivity index (χ2n) is 5.90. The monoisotopic (exact) mass is 282 g/mol. The van der Waals surface area contributed by atoms with E-state index in [9.17, 15) is 8.78 Å². The molecule has 0 radical (unpaired) electrons. The van der Waals surface area contributed by atoms with Crippen LogP contribution in [0, 0.1) is 24.5 Å². The summed E-state index contributed by atoms with van der Waals surface area (Å²) in [7, 11) is 0. The van der Waals surface area contributed by atoms with Crippen LogP contribution in [0.5, 0.6) is 0 Å². The zero-order valence-electron chi connectivity index (χ0n) is 12.1. The van der Waals surface area contributed by atoms with E-state index in [-0.39, 0.29) is 5.56 Å². The van der Waals surface area contributed by atoms with Crippen LogP contribution in [0.25, 0.3) is 0 Å². The van der Waals surface area contributed by atoms with E-state index in [4.69, 9.17) is 5.84 Å². The fraction of sp³-hybridized carbons (Fsp3) is 0.625. The molecule has 4 heteroatoms. The first-order valence-corrected chi connectivity index (χ1v) is 7.54. The number of hydrogen-bond donors (Lipinski definition) is 2. The molecule has 20 heavy (non-hydrogen) atoms. The second kappa shape index (κ2) is 7.14. The van der Waals surface area contributed by atoms with E-state index in [1.807, 2.05) is 0 Å². The maximum Gasteiger partial charge on any atom is 0.133 e. The number of halogens is 2. The number of nitrogens with one attached hydrogen (secondary N) is 1. The third-order valence-electron chi connectivity index (χ3n) is 4.41. The summed E-state index contributed by atoms with van der Waals surface area (Å²) in [6, 6.07) is 2.34. The van der Waals surface area contributed by atoms with E-state index in [0.717, 1.165) is 12.8 Å². The third kappa shape index (κ3) is 3.55. The van der Waals surface area contributed by atoms with Gasteiger partial charge in [-0.25, -0.2) is 8.78 Å². The van der Waals surface area contributed by atoms with Crippen LogP contribution in [0.4, 0.5) is 8.78 Å². The number of benzene rings is 1. The Morgan fingerprint density at radius 1 is 1.20 bits per heavy atom. The van der Waals surface area contributed by atoms with Gasteiger partial charge in [-0.2, -0.15) is 0 Å². The van der Waals surface area contributed by atoms with Crippen molar-refractivity contribution >= 4 is 0 Å². The molecule has 0 saturated heterocycles. The topological polar surface area (TPSA) is 38.0 Å². The summed E-state index contributed by atoms with van der Waals surface area (Å²) in [4.78, 5) is 0. The molecule has 0 spiro atoms.